The molecule has 0 aliphatic carbocycles. The van der Waals surface area contributed by atoms with Crippen LogP contribution in [0.4, 0.5) is 15.8 Å². The summed E-state index contributed by atoms with van der Waals surface area (Å²) in [6.07, 6.45) is 1.45. The highest BCUT2D eigenvalue weighted by molar-refractivity contribution is 5.90. The van der Waals surface area contributed by atoms with Gasteiger partial charge < -0.3 is 9.73 Å². The number of aromatic nitrogens is 2. The molecule has 1 N–H and O–H groups in total. The fourth-order valence-corrected chi connectivity index (χ4v) is 2.18. The molecule has 0 fully saturated rings. The SMILES string of the molecule is O=C(Cn1nc(-c2ccco2)ccc1=O)Nc1ccc(F)c([N+](=O)[O-])c1. The van der Waals surface area contributed by atoms with E-state index in [9.17, 15) is 24.1 Å². The Bertz CT molecular complexity index is 1030. The molecular formula is C16H11FN4O5. The molecule has 2 heterocycles. The summed E-state index contributed by atoms with van der Waals surface area (Å²) < 4.78 is 19.4. The Hall–Kier alpha value is -3.82. The monoisotopic (exact) mass is 358 g/mol. The van der Waals surface area contributed by atoms with E-state index in [1.54, 1.807) is 12.1 Å². The first kappa shape index (κ1) is 17.0. The van der Waals surface area contributed by atoms with Gasteiger partial charge in [-0.2, -0.15) is 9.49 Å². The third-order valence-corrected chi connectivity index (χ3v) is 3.36. The van der Waals surface area contributed by atoms with Crippen LogP contribution in [0.1, 0.15) is 0 Å². The van der Waals surface area contributed by atoms with Gasteiger partial charge in [0.15, 0.2) is 5.76 Å². The second-order valence-corrected chi connectivity index (χ2v) is 5.16. The minimum absolute atomic E-state index is 0.0262. The predicted octanol–water partition coefficient (Wildman–Crippen LogP) is 2.19. The van der Waals surface area contributed by atoms with E-state index in [2.05, 4.69) is 10.4 Å². The molecule has 1 amide bonds. The van der Waals surface area contributed by atoms with Gasteiger partial charge >= 0.3 is 5.69 Å². The van der Waals surface area contributed by atoms with Gasteiger partial charge in [0.1, 0.15) is 12.2 Å². The number of furan rings is 1. The van der Waals surface area contributed by atoms with Crippen molar-refractivity contribution in [1.29, 1.82) is 0 Å². The van der Waals surface area contributed by atoms with E-state index < -0.39 is 34.4 Å². The van der Waals surface area contributed by atoms with Crippen LogP contribution in [-0.4, -0.2) is 20.6 Å². The number of hydrogen-bond acceptors (Lipinski definition) is 6. The number of nitrogens with zero attached hydrogens (tertiary/aromatic N) is 3. The second kappa shape index (κ2) is 6.97. The summed E-state index contributed by atoms with van der Waals surface area (Å²) in [5.41, 5.74) is -0.892. The van der Waals surface area contributed by atoms with E-state index in [0.29, 0.717) is 11.5 Å². The maximum absolute atomic E-state index is 13.3. The standard InChI is InChI=1S/C16H11FN4O5/c17-11-4-3-10(8-13(11)21(24)25)18-15(22)9-20-16(23)6-5-12(19-20)14-2-1-7-26-14/h1-8H,9H2,(H,18,22). The van der Waals surface area contributed by atoms with Gasteiger partial charge in [-0.3, -0.25) is 19.7 Å². The first-order valence-corrected chi connectivity index (χ1v) is 7.30. The summed E-state index contributed by atoms with van der Waals surface area (Å²) in [7, 11) is 0. The molecule has 0 unspecified atom stereocenters. The van der Waals surface area contributed by atoms with Crippen LogP contribution < -0.4 is 10.9 Å². The average Bonchev–Trinajstić information content (AvgIpc) is 3.13. The Labute approximate surface area is 144 Å². The normalized spacial score (nSPS) is 10.5. The number of carbonyl (C=O) groups excluding carboxylic acids is 1. The molecule has 10 heteroatoms. The van der Waals surface area contributed by atoms with Gasteiger partial charge in [0.2, 0.25) is 11.7 Å². The summed E-state index contributed by atoms with van der Waals surface area (Å²) in [5.74, 6) is -1.25. The molecule has 0 aliphatic heterocycles. The van der Waals surface area contributed by atoms with Gasteiger partial charge in [-0.05, 0) is 30.3 Å². The number of hydrogen-bond donors (Lipinski definition) is 1. The predicted molar refractivity (Wildman–Crippen MR) is 87.9 cm³/mol. The Balaban J connectivity index is 1.78. The van der Waals surface area contributed by atoms with Crippen LogP contribution in [0.25, 0.3) is 11.5 Å². The van der Waals surface area contributed by atoms with Crippen molar-refractivity contribution in [2.45, 2.75) is 6.54 Å². The first-order chi connectivity index (χ1) is 12.4. The molecule has 3 rings (SSSR count). The lowest BCUT2D eigenvalue weighted by atomic mass is 10.2. The number of amides is 1. The number of nitro benzene ring substituents is 1. The maximum Gasteiger partial charge on any atom is 0.306 e. The van der Waals surface area contributed by atoms with E-state index in [1.165, 1.54) is 24.5 Å². The molecule has 0 aliphatic rings. The number of carbonyl (C=O) groups is 1. The van der Waals surface area contributed by atoms with Crippen molar-refractivity contribution < 1.29 is 18.5 Å². The van der Waals surface area contributed by atoms with Crippen LogP contribution >= 0.6 is 0 Å². The largest absolute Gasteiger partial charge is 0.463 e. The third-order valence-electron chi connectivity index (χ3n) is 3.36. The molecular weight excluding hydrogens is 347 g/mol. The molecule has 0 bridgehead atoms. The number of nitrogens with one attached hydrogen (secondary N) is 1. The Morgan fingerprint density at radius 3 is 2.81 bits per heavy atom. The van der Waals surface area contributed by atoms with Crippen molar-refractivity contribution in [2.24, 2.45) is 0 Å². The molecule has 0 atom stereocenters. The fraction of sp³-hybridized carbons (Fsp3) is 0.0625. The molecule has 132 valence electrons. The zero-order valence-corrected chi connectivity index (χ0v) is 13.1. The van der Waals surface area contributed by atoms with Crippen LogP contribution in [0.2, 0.25) is 0 Å². The Morgan fingerprint density at radius 2 is 2.12 bits per heavy atom. The highest BCUT2D eigenvalue weighted by Crippen LogP contribution is 2.21. The summed E-state index contributed by atoms with van der Waals surface area (Å²) in [5, 5.41) is 17.1. The van der Waals surface area contributed by atoms with Crippen molar-refractivity contribution >= 4 is 17.3 Å². The molecule has 1 aromatic carbocycles. The van der Waals surface area contributed by atoms with E-state index in [4.69, 9.17) is 4.42 Å². The maximum atomic E-state index is 13.3. The fourth-order valence-electron chi connectivity index (χ4n) is 2.18. The summed E-state index contributed by atoms with van der Waals surface area (Å²) in [6, 6.07) is 8.93. The van der Waals surface area contributed by atoms with Crippen molar-refractivity contribution in [3.8, 4) is 11.5 Å². The molecule has 0 radical (unpaired) electrons. The van der Waals surface area contributed by atoms with Crippen molar-refractivity contribution in [1.82, 2.24) is 9.78 Å². The van der Waals surface area contributed by atoms with Gasteiger partial charge in [0, 0.05) is 17.8 Å². The number of anilines is 1. The third kappa shape index (κ3) is 3.64. The van der Waals surface area contributed by atoms with E-state index >= 15 is 0 Å². The Kier molecular flexibility index (Phi) is 4.56. The molecule has 0 spiro atoms. The lowest BCUT2D eigenvalue weighted by Gasteiger charge is -2.07. The van der Waals surface area contributed by atoms with Crippen molar-refractivity contribution in [2.75, 3.05) is 5.32 Å². The topological polar surface area (TPSA) is 120 Å². The minimum Gasteiger partial charge on any atom is -0.463 e. The van der Waals surface area contributed by atoms with Crippen molar-refractivity contribution in [3.05, 3.63) is 75.0 Å². The first-order valence-electron chi connectivity index (χ1n) is 7.30. The molecule has 0 saturated carbocycles. The van der Waals surface area contributed by atoms with Gasteiger partial charge in [0.25, 0.3) is 5.56 Å². The molecule has 3 aromatic rings. The van der Waals surface area contributed by atoms with Crippen LogP contribution in [0.5, 0.6) is 0 Å². The van der Waals surface area contributed by atoms with E-state index in [1.807, 2.05) is 0 Å². The van der Waals surface area contributed by atoms with Crippen LogP contribution in [0.3, 0.4) is 0 Å². The highest BCUT2D eigenvalue weighted by Gasteiger charge is 2.16. The van der Waals surface area contributed by atoms with Crippen molar-refractivity contribution in [3.63, 3.8) is 0 Å². The summed E-state index contributed by atoms with van der Waals surface area (Å²) in [6.45, 7) is -0.432. The molecule has 2 aromatic heterocycles. The van der Waals surface area contributed by atoms with Crippen LogP contribution in [-0.2, 0) is 11.3 Å². The minimum atomic E-state index is -1.02. The number of benzene rings is 1. The zero-order valence-electron chi connectivity index (χ0n) is 13.1. The zero-order chi connectivity index (χ0) is 18.7. The Morgan fingerprint density at radius 1 is 1.31 bits per heavy atom. The average molecular weight is 358 g/mol. The quantitative estimate of drug-likeness (QED) is 0.551. The smallest absolute Gasteiger partial charge is 0.306 e. The lowest BCUT2D eigenvalue weighted by Crippen LogP contribution is -2.29. The number of halogens is 1. The molecule has 0 saturated heterocycles. The summed E-state index contributed by atoms with van der Waals surface area (Å²) >= 11 is 0. The van der Waals surface area contributed by atoms with E-state index in [-0.39, 0.29) is 5.69 Å². The van der Waals surface area contributed by atoms with Gasteiger partial charge in [0.05, 0.1) is 11.2 Å². The summed E-state index contributed by atoms with van der Waals surface area (Å²) in [4.78, 5) is 33.8. The van der Waals surface area contributed by atoms with Gasteiger partial charge in [-0.1, -0.05) is 0 Å². The van der Waals surface area contributed by atoms with Gasteiger partial charge in [-0.25, -0.2) is 4.68 Å². The molecule has 26 heavy (non-hydrogen) atoms. The molecule has 9 nitrogen and oxygen atoms in total. The van der Waals surface area contributed by atoms with Crippen LogP contribution in [0.15, 0.2) is 57.9 Å². The van der Waals surface area contributed by atoms with Crippen LogP contribution in [0, 0.1) is 15.9 Å². The van der Waals surface area contributed by atoms with Gasteiger partial charge in [-0.15, -0.1) is 0 Å². The number of rotatable bonds is 5. The highest BCUT2D eigenvalue weighted by atomic mass is 19.1. The number of nitro groups is 1. The van der Waals surface area contributed by atoms with E-state index in [0.717, 1.165) is 16.8 Å². The second-order valence-electron chi connectivity index (χ2n) is 5.16. The lowest BCUT2D eigenvalue weighted by molar-refractivity contribution is -0.387.